The van der Waals surface area contributed by atoms with E-state index in [-0.39, 0.29) is 6.10 Å². The van der Waals surface area contributed by atoms with Crippen LogP contribution in [0.4, 0.5) is 0 Å². The van der Waals surface area contributed by atoms with Gasteiger partial charge in [-0.05, 0) is 43.5 Å². The summed E-state index contributed by atoms with van der Waals surface area (Å²) >= 11 is 3.61. The van der Waals surface area contributed by atoms with E-state index in [1.807, 2.05) is 0 Å². The van der Waals surface area contributed by atoms with Crippen molar-refractivity contribution in [2.24, 2.45) is 5.92 Å². The van der Waals surface area contributed by atoms with Crippen molar-refractivity contribution in [1.82, 2.24) is 5.32 Å². The maximum atomic E-state index is 5.62. The molecule has 0 fully saturated rings. The number of rotatable bonds is 7. The van der Waals surface area contributed by atoms with Crippen molar-refractivity contribution in [3.05, 3.63) is 33.8 Å². The van der Waals surface area contributed by atoms with Gasteiger partial charge in [0.2, 0.25) is 0 Å². The predicted octanol–water partition coefficient (Wildman–Crippen LogP) is 4.12. The van der Waals surface area contributed by atoms with E-state index in [2.05, 4.69) is 67.1 Å². The van der Waals surface area contributed by atoms with Gasteiger partial charge in [-0.25, -0.2) is 0 Å². The molecule has 1 aromatic rings. The lowest BCUT2D eigenvalue weighted by molar-refractivity contribution is 0.0653. The second-order valence-corrected chi connectivity index (χ2v) is 6.16. The molecule has 0 saturated carbocycles. The van der Waals surface area contributed by atoms with Gasteiger partial charge in [0.25, 0.3) is 0 Å². The molecule has 0 aliphatic heterocycles. The summed E-state index contributed by atoms with van der Waals surface area (Å²) in [6, 6.07) is 6.47. The molecule has 0 atom stereocenters. The minimum Gasteiger partial charge on any atom is -0.374 e. The van der Waals surface area contributed by atoms with Crippen molar-refractivity contribution in [1.29, 1.82) is 0 Å². The second kappa shape index (κ2) is 7.93. The molecule has 0 aliphatic rings. The molecule has 0 bridgehead atoms. The standard InChI is InChI=1S/C15H24BrNO/c1-11(2)8-17-9-13-5-6-14(15(16)7-13)10-18-12(3)4/h5-7,11-12,17H,8-10H2,1-4H3. The molecule has 0 aliphatic carbocycles. The fourth-order valence-electron chi connectivity index (χ4n) is 1.58. The average Bonchev–Trinajstić information content (AvgIpc) is 2.27. The van der Waals surface area contributed by atoms with E-state index in [9.17, 15) is 0 Å². The molecule has 0 spiro atoms. The van der Waals surface area contributed by atoms with Crippen LogP contribution in [0.15, 0.2) is 22.7 Å². The largest absolute Gasteiger partial charge is 0.374 e. The number of nitrogens with one attached hydrogen (secondary N) is 1. The summed E-state index contributed by atoms with van der Waals surface area (Å²) in [4.78, 5) is 0. The zero-order valence-corrected chi connectivity index (χ0v) is 13.4. The van der Waals surface area contributed by atoms with Crippen molar-refractivity contribution in [3.8, 4) is 0 Å². The highest BCUT2D eigenvalue weighted by Gasteiger charge is 2.03. The van der Waals surface area contributed by atoms with Gasteiger partial charge in [0.15, 0.2) is 0 Å². The lowest BCUT2D eigenvalue weighted by atomic mass is 10.1. The van der Waals surface area contributed by atoms with E-state index < -0.39 is 0 Å². The highest BCUT2D eigenvalue weighted by atomic mass is 79.9. The van der Waals surface area contributed by atoms with Gasteiger partial charge in [0, 0.05) is 11.0 Å². The summed E-state index contributed by atoms with van der Waals surface area (Å²) in [6.45, 7) is 11.2. The van der Waals surface area contributed by atoms with E-state index in [4.69, 9.17) is 4.74 Å². The molecule has 1 N–H and O–H groups in total. The SMILES string of the molecule is CC(C)CNCc1ccc(COC(C)C)c(Br)c1. The molecule has 0 amide bonds. The fraction of sp³-hybridized carbons (Fsp3) is 0.600. The molecule has 1 rings (SSSR count). The molecule has 0 unspecified atom stereocenters. The predicted molar refractivity (Wildman–Crippen MR) is 80.6 cm³/mol. The first-order valence-electron chi connectivity index (χ1n) is 6.58. The van der Waals surface area contributed by atoms with Gasteiger partial charge in [0.1, 0.15) is 0 Å². The van der Waals surface area contributed by atoms with Crippen molar-refractivity contribution in [2.45, 2.75) is 47.0 Å². The zero-order chi connectivity index (χ0) is 13.5. The average molecular weight is 314 g/mol. The topological polar surface area (TPSA) is 21.3 Å². The minimum absolute atomic E-state index is 0.268. The summed E-state index contributed by atoms with van der Waals surface area (Å²) in [5.41, 5.74) is 2.51. The van der Waals surface area contributed by atoms with Crippen LogP contribution >= 0.6 is 15.9 Å². The summed E-state index contributed by atoms with van der Waals surface area (Å²) in [5, 5.41) is 3.45. The molecular weight excluding hydrogens is 290 g/mol. The van der Waals surface area contributed by atoms with Crippen LogP contribution < -0.4 is 5.32 Å². The summed E-state index contributed by atoms with van der Waals surface area (Å²) in [7, 11) is 0. The third-order valence-corrected chi connectivity index (χ3v) is 3.31. The van der Waals surface area contributed by atoms with Crippen LogP contribution in [0.1, 0.15) is 38.8 Å². The first kappa shape index (κ1) is 15.7. The summed E-state index contributed by atoms with van der Waals surface area (Å²) in [5.74, 6) is 0.687. The smallest absolute Gasteiger partial charge is 0.0731 e. The zero-order valence-electron chi connectivity index (χ0n) is 11.8. The number of ether oxygens (including phenoxy) is 1. The Bertz CT molecular complexity index is 364. The summed E-state index contributed by atoms with van der Waals surface area (Å²) in [6.07, 6.45) is 0.268. The van der Waals surface area contributed by atoms with Crippen molar-refractivity contribution >= 4 is 15.9 Å². The van der Waals surface area contributed by atoms with Crippen molar-refractivity contribution in [2.75, 3.05) is 6.54 Å². The van der Waals surface area contributed by atoms with Gasteiger partial charge < -0.3 is 10.1 Å². The monoisotopic (exact) mass is 313 g/mol. The van der Waals surface area contributed by atoms with E-state index in [0.29, 0.717) is 12.5 Å². The Kier molecular flexibility index (Phi) is 6.90. The molecule has 0 radical (unpaired) electrons. The van der Waals surface area contributed by atoms with E-state index >= 15 is 0 Å². The van der Waals surface area contributed by atoms with Crippen LogP contribution in [0.3, 0.4) is 0 Å². The Labute approximate surface area is 119 Å². The van der Waals surface area contributed by atoms with Crippen LogP contribution in [0.25, 0.3) is 0 Å². The van der Waals surface area contributed by atoms with Gasteiger partial charge in [0.05, 0.1) is 12.7 Å². The van der Waals surface area contributed by atoms with Crippen LogP contribution in [-0.2, 0) is 17.9 Å². The molecule has 1 aromatic carbocycles. The number of hydrogen-bond acceptors (Lipinski definition) is 2. The quantitative estimate of drug-likeness (QED) is 0.817. The van der Waals surface area contributed by atoms with Gasteiger partial charge in [-0.15, -0.1) is 0 Å². The van der Waals surface area contributed by atoms with Crippen LogP contribution in [-0.4, -0.2) is 12.6 Å². The normalized spacial score (nSPS) is 11.5. The molecule has 18 heavy (non-hydrogen) atoms. The Morgan fingerprint density at radius 2 is 1.94 bits per heavy atom. The molecule has 0 heterocycles. The Balaban J connectivity index is 2.51. The molecule has 0 saturated heterocycles. The van der Waals surface area contributed by atoms with E-state index in [0.717, 1.165) is 17.6 Å². The summed E-state index contributed by atoms with van der Waals surface area (Å²) < 4.78 is 6.75. The maximum absolute atomic E-state index is 5.62. The third kappa shape index (κ3) is 5.98. The van der Waals surface area contributed by atoms with Gasteiger partial charge in [-0.2, -0.15) is 0 Å². The lowest BCUT2D eigenvalue weighted by Crippen LogP contribution is -2.18. The van der Waals surface area contributed by atoms with Crippen LogP contribution in [0.2, 0.25) is 0 Å². The number of hydrogen-bond donors (Lipinski definition) is 1. The second-order valence-electron chi connectivity index (χ2n) is 5.31. The number of halogens is 1. The highest BCUT2D eigenvalue weighted by Crippen LogP contribution is 2.20. The Hall–Kier alpha value is -0.380. The van der Waals surface area contributed by atoms with Crippen molar-refractivity contribution < 1.29 is 4.74 Å². The number of benzene rings is 1. The van der Waals surface area contributed by atoms with E-state index in [1.165, 1.54) is 11.1 Å². The molecule has 2 nitrogen and oxygen atoms in total. The van der Waals surface area contributed by atoms with Gasteiger partial charge >= 0.3 is 0 Å². The molecule has 3 heteroatoms. The maximum Gasteiger partial charge on any atom is 0.0731 e. The van der Waals surface area contributed by atoms with Gasteiger partial charge in [-0.3, -0.25) is 0 Å². The fourth-order valence-corrected chi connectivity index (χ4v) is 2.12. The Morgan fingerprint density at radius 3 is 2.50 bits per heavy atom. The Morgan fingerprint density at radius 1 is 1.22 bits per heavy atom. The molecule has 102 valence electrons. The third-order valence-electron chi connectivity index (χ3n) is 2.57. The first-order valence-corrected chi connectivity index (χ1v) is 7.38. The van der Waals surface area contributed by atoms with Gasteiger partial charge in [-0.1, -0.05) is 41.9 Å². The van der Waals surface area contributed by atoms with Crippen LogP contribution in [0.5, 0.6) is 0 Å². The molecule has 0 aromatic heterocycles. The van der Waals surface area contributed by atoms with Crippen molar-refractivity contribution in [3.63, 3.8) is 0 Å². The van der Waals surface area contributed by atoms with Crippen LogP contribution in [0, 0.1) is 5.92 Å². The van der Waals surface area contributed by atoms with E-state index in [1.54, 1.807) is 0 Å². The lowest BCUT2D eigenvalue weighted by Gasteiger charge is -2.11. The minimum atomic E-state index is 0.268. The first-order chi connectivity index (χ1) is 8.49. The molecular formula is C15H24BrNO. The highest BCUT2D eigenvalue weighted by molar-refractivity contribution is 9.10.